The van der Waals surface area contributed by atoms with Gasteiger partial charge in [-0.3, -0.25) is 0 Å². The van der Waals surface area contributed by atoms with Gasteiger partial charge in [-0.25, -0.2) is 13.6 Å². The first-order valence-corrected chi connectivity index (χ1v) is 6.02. The van der Waals surface area contributed by atoms with Crippen LogP contribution in [-0.2, 0) is 11.3 Å². The van der Waals surface area contributed by atoms with E-state index in [1.807, 2.05) is 0 Å². The summed E-state index contributed by atoms with van der Waals surface area (Å²) in [5, 5.41) is 0.384. The van der Waals surface area contributed by atoms with Gasteiger partial charge in [0.25, 0.3) is 0 Å². The third-order valence-corrected chi connectivity index (χ3v) is 2.86. The summed E-state index contributed by atoms with van der Waals surface area (Å²) in [7, 11) is 0. The van der Waals surface area contributed by atoms with Crippen molar-refractivity contribution in [1.82, 2.24) is 0 Å². The molecule has 0 radical (unpaired) electrons. The van der Waals surface area contributed by atoms with Gasteiger partial charge in [-0.15, -0.1) is 0 Å². The molecule has 2 aromatic carbocycles. The molecular formula is C14H10ClF2NO2. The maximum Gasteiger partial charge on any atom is 0.340 e. The fraction of sp³-hybridized carbons (Fsp3) is 0.0714. The first-order chi connectivity index (χ1) is 9.49. The molecule has 2 rings (SSSR count). The Kier molecular flexibility index (Phi) is 4.20. The Morgan fingerprint density at radius 1 is 1.25 bits per heavy atom. The van der Waals surface area contributed by atoms with Crippen molar-refractivity contribution in [1.29, 1.82) is 0 Å². The van der Waals surface area contributed by atoms with Gasteiger partial charge in [-0.2, -0.15) is 0 Å². The van der Waals surface area contributed by atoms with Gasteiger partial charge in [-0.1, -0.05) is 23.7 Å². The number of rotatable bonds is 3. The van der Waals surface area contributed by atoms with E-state index in [1.54, 1.807) is 0 Å². The van der Waals surface area contributed by atoms with Crippen LogP contribution < -0.4 is 5.73 Å². The standard InChI is InChI=1S/C14H10ClF2NO2/c15-9-4-5-10(12(18)6-9)14(19)20-7-8-2-1-3-11(16)13(8)17/h1-6H,7,18H2. The van der Waals surface area contributed by atoms with Crippen LogP contribution in [0, 0.1) is 11.6 Å². The van der Waals surface area contributed by atoms with Crippen molar-refractivity contribution in [2.45, 2.75) is 6.61 Å². The molecule has 20 heavy (non-hydrogen) atoms. The first-order valence-electron chi connectivity index (χ1n) is 5.64. The molecule has 0 atom stereocenters. The third-order valence-electron chi connectivity index (χ3n) is 2.62. The van der Waals surface area contributed by atoms with Crippen LogP contribution in [0.5, 0.6) is 0 Å². The van der Waals surface area contributed by atoms with Crippen LogP contribution in [0.15, 0.2) is 36.4 Å². The Bertz CT molecular complexity index is 662. The number of ether oxygens (including phenoxy) is 1. The van der Waals surface area contributed by atoms with Crippen LogP contribution in [0.1, 0.15) is 15.9 Å². The molecule has 0 unspecified atom stereocenters. The number of carbonyl (C=O) groups excluding carboxylic acids is 1. The molecule has 2 aromatic rings. The number of carbonyl (C=O) groups is 1. The Morgan fingerprint density at radius 3 is 2.70 bits per heavy atom. The average molecular weight is 298 g/mol. The van der Waals surface area contributed by atoms with Gasteiger partial charge < -0.3 is 10.5 Å². The van der Waals surface area contributed by atoms with E-state index in [9.17, 15) is 13.6 Å². The van der Waals surface area contributed by atoms with Crippen molar-refractivity contribution in [3.63, 3.8) is 0 Å². The van der Waals surface area contributed by atoms with Crippen LogP contribution in [0.2, 0.25) is 5.02 Å². The average Bonchev–Trinajstić information content (AvgIpc) is 2.40. The number of esters is 1. The highest BCUT2D eigenvalue weighted by Crippen LogP contribution is 2.20. The maximum atomic E-state index is 13.4. The highest BCUT2D eigenvalue weighted by atomic mass is 35.5. The normalized spacial score (nSPS) is 10.3. The van der Waals surface area contributed by atoms with Crippen molar-refractivity contribution in [3.8, 4) is 0 Å². The molecular weight excluding hydrogens is 288 g/mol. The number of halogens is 3. The van der Waals surface area contributed by atoms with Crippen LogP contribution in [-0.4, -0.2) is 5.97 Å². The van der Waals surface area contributed by atoms with Gasteiger partial charge in [0.2, 0.25) is 0 Å². The van der Waals surface area contributed by atoms with Crippen LogP contribution >= 0.6 is 11.6 Å². The van der Waals surface area contributed by atoms with Gasteiger partial charge in [0, 0.05) is 16.3 Å². The molecule has 0 saturated carbocycles. The summed E-state index contributed by atoms with van der Waals surface area (Å²) in [5.41, 5.74) is 5.85. The molecule has 104 valence electrons. The molecule has 3 nitrogen and oxygen atoms in total. The Labute approximate surface area is 118 Å². The van der Waals surface area contributed by atoms with E-state index in [0.717, 1.165) is 6.07 Å². The minimum absolute atomic E-state index is 0.0501. The Balaban J connectivity index is 2.11. The van der Waals surface area contributed by atoms with Crippen LogP contribution in [0.3, 0.4) is 0 Å². The minimum Gasteiger partial charge on any atom is -0.457 e. The third kappa shape index (κ3) is 3.05. The fourth-order valence-corrected chi connectivity index (χ4v) is 1.78. The zero-order chi connectivity index (χ0) is 14.7. The smallest absolute Gasteiger partial charge is 0.340 e. The number of hydrogen-bond donors (Lipinski definition) is 1. The number of hydrogen-bond acceptors (Lipinski definition) is 3. The molecule has 6 heteroatoms. The monoisotopic (exact) mass is 297 g/mol. The zero-order valence-electron chi connectivity index (χ0n) is 10.2. The first kappa shape index (κ1) is 14.3. The van der Waals surface area contributed by atoms with Crippen molar-refractivity contribution in [2.24, 2.45) is 0 Å². The second-order valence-corrected chi connectivity index (χ2v) is 4.46. The molecule has 0 aliphatic carbocycles. The lowest BCUT2D eigenvalue weighted by atomic mass is 10.2. The lowest BCUT2D eigenvalue weighted by molar-refractivity contribution is 0.0469. The SMILES string of the molecule is Nc1cc(Cl)ccc1C(=O)OCc1cccc(F)c1F. The van der Waals surface area contributed by atoms with Gasteiger partial charge in [0.15, 0.2) is 11.6 Å². The molecule has 0 bridgehead atoms. The number of benzene rings is 2. The van der Waals surface area contributed by atoms with Crippen LogP contribution in [0.4, 0.5) is 14.5 Å². The summed E-state index contributed by atoms with van der Waals surface area (Å²) < 4.78 is 31.3. The summed E-state index contributed by atoms with van der Waals surface area (Å²) in [6, 6.07) is 7.94. The Hall–Kier alpha value is -2.14. The van der Waals surface area contributed by atoms with Gasteiger partial charge in [0.05, 0.1) is 5.56 Å². The number of anilines is 1. The molecule has 0 heterocycles. The van der Waals surface area contributed by atoms with Crippen molar-refractivity contribution < 1.29 is 18.3 Å². The zero-order valence-corrected chi connectivity index (χ0v) is 11.0. The Morgan fingerprint density at radius 2 is 2.00 bits per heavy atom. The number of nitrogens with two attached hydrogens (primary N) is 1. The topological polar surface area (TPSA) is 52.3 Å². The highest BCUT2D eigenvalue weighted by molar-refractivity contribution is 6.31. The molecule has 0 fully saturated rings. The highest BCUT2D eigenvalue weighted by Gasteiger charge is 2.14. The lowest BCUT2D eigenvalue weighted by Gasteiger charge is -2.08. The van der Waals surface area contributed by atoms with E-state index in [-0.39, 0.29) is 23.4 Å². The summed E-state index contributed by atoms with van der Waals surface area (Å²) in [4.78, 5) is 11.8. The van der Waals surface area contributed by atoms with E-state index in [0.29, 0.717) is 5.02 Å². The van der Waals surface area contributed by atoms with E-state index in [2.05, 4.69) is 0 Å². The van der Waals surface area contributed by atoms with Gasteiger partial charge in [-0.05, 0) is 24.3 Å². The van der Waals surface area contributed by atoms with Crippen molar-refractivity contribution in [2.75, 3.05) is 5.73 Å². The lowest BCUT2D eigenvalue weighted by Crippen LogP contribution is -2.09. The summed E-state index contributed by atoms with van der Waals surface area (Å²) in [6.07, 6.45) is 0. The molecule has 0 spiro atoms. The van der Waals surface area contributed by atoms with Gasteiger partial charge in [0.1, 0.15) is 6.61 Å². The maximum absolute atomic E-state index is 13.4. The second kappa shape index (κ2) is 5.88. The minimum atomic E-state index is -1.04. The number of nitrogen functional groups attached to an aromatic ring is 1. The molecule has 0 aliphatic heterocycles. The fourth-order valence-electron chi connectivity index (χ4n) is 1.60. The molecule has 2 N–H and O–H groups in total. The summed E-state index contributed by atoms with van der Waals surface area (Å²) in [6.45, 7) is -0.384. The predicted molar refractivity (Wildman–Crippen MR) is 71.3 cm³/mol. The quantitative estimate of drug-likeness (QED) is 0.696. The summed E-state index contributed by atoms with van der Waals surface area (Å²) in [5.74, 6) is -2.77. The van der Waals surface area contributed by atoms with Crippen molar-refractivity contribution >= 4 is 23.3 Å². The van der Waals surface area contributed by atoms with E-state index in [1.165, 1.54) is 30.3 Å². The largest absolute Gasteiger partial charge is 0.457 e. The molecule has 0 saturated heterocycles. The molecule has 0 amide bonds. The van der Waals surface area contributed by atoms with E-state index in [4.69, 9.17) is 22.1 Å². The van der Waals surface area contributed by atoms with Gasteiger partial charge >= 0.3 is 5.97 Å². The van der Waals surface area contributed by atoms with Crippen molar-refractivity contribution in [3.05, 3.63) is 64.2 Å². The second-order valence-electron chi connectivity index (χ2n) is 4.02. The van der Waals surface area contributed by atoms with E-state index < -0.39 is 17.6 Å². The summed E-state index contributed by atoms with van der Waals surface area (Å²) >= 11 is 5.71. The predicted octanol–water partition coefficient (Wildman–Crippen LogP) is 3.56. The van der Waals surface area contributed by atoms with E-state index >= 15 is 0 Å². The molecule has 0 aromatic heterocycles. The van der Waals surface area contributed by atoms with Crippen LogP contribution in [0.25, 0.3) is 0 Å². The molecule has 0 aliphatic rings.